The quantitative estimate of drug-likeness (QED) is 0.302. The van der Waals surface area contributed by atoms with Crippen molar-refractivity contribution in [3.05, 3.63) is 84.0 Å². The fraction of sp³-hybridized carbons (Fsp3) is 0.286. The van der Waals surface area contributed by atoms with Crippen LogP contribution in [0.1, 0.15) is 35.7 Å². The molecule has 0 radical (unpaired) electrons. The lowest BCUT2D eigenvalue weighted by Crippen LogP contribution is -2.33. The van der Waals surface area contributed by atoms with Gasteiger partial charge in [-0.15, -0.1) is 0 Å². The van der Waals surface area contributed by atoms with E-state index >= 15 is 0 Å². The van der Waals surface area contributed by atoms with Crippen LogP contribution in [0.2, 0.25) is 0 Å². The van der Waals surface area contributed by atoms with Crippen molar-refractivity contribution < 1.29 is 4.39 Å². The molecule has 0 unspecified atom stereocenters. The maximum Gasteiger partial charge on any atom is 0.188 e. The number of guanidine groups is 1. The molecule has 7 heteroatoms. The molecule has 0 bridgehead atoms. The first kappa shape index (κ1) is 19.5. The summed E-state index contributed by atoms with van der Waals surface area (Å²) in [5.41, 5.74) is 9.04. The zero-order chi connectivity index (χ0) is 19.6. The van der Waals surface area contributed by atoms with Crippen molar-refractivity contribution in [2.45, 2.75) is 25.2 Å². The van der Waals surface area contributed by atoms with Gasteiger partial charge >= 0.3 is 0 Å². The normalized spacial score (nSPS) is 12.7. The average Bonchev–Trinajstić information content (AvgIpc) is 3.24. The number of nitrogens with one attached hydrogen (secondary N) is 2. The lowest BCUT2D eigenvalue weighted by Gasteiger charge is -2.17. The van der Waals surface area contributed by atoms with Gasteiger partial charge in [-0.05, 0) is 49.1 Å². The van der Waals surface area contributed by atoms with E-state index in [9.17, 15) is 4.39 Å². The highest BCUT2D eigenvalue weighted by molar-refractivity contribution is 5.77. The van der Waals surface area contributed by atoms with Crippen LogP contribution in [0.25, 0.3) is 0 Å². The summed E-state index contributed by atoms with van der Waals surface area (Å²) in [6.45, 7) is 1.30. The molecule has 3 rings (SSSR count). The number of nitrogens with two attached hydrogens (primary N) is 1. The average molecular weight is 380 g/mol. The molecule has 1 atom stereocenters. The van der Waals surface area contributed by atoms with Crippen LogP contribution in [0.5, 0.6) is 0 Å². The van der Waals surface area contributed by atoms with Gasteiger partial charge in [-0.3, -0.25) is 9.98 Å². The third-order valence-corrected chi connectivity index (χ3v) is 4.50. The van der Waals surface area contributed by atoms with E-state index in [1.54, 1.807) is 12.5 Å². The molecule has 28 heavy (non-hydrogen) atoms. The summed E-state index contributed by atoms with van der Waals surface area (Å²) in [5.74, 6) is 0.249. The second-order valence-corrected chi connectivity index (χ2v) is 6.52. The Hall–Kier alpha value is -3.22. The van der Waals surface area contributed by atoms with Crippen LogP contribution in [-0.2, 0) is 6.42 Å². The molecule has 0 aliphatic heterocycles. The highest BCUT2D eigenvalue weighted by Crippen LogP contribution is 2.26. The molecule has 0 saturated carbocycles. The number of aryl methyl sites for hydroxylation is 1. The van der Waals surface area contributed by atoms with Gasteiger partial charge < -0.3 is 16.0 Å². The van der Waals surface area contributed by atoms with Gasteiger partial charge in [-0.2, -0.15) is 0 Å². The molecule has 0 aliphatic carbocycles. The van der Waals surface area contributed by atoms with Crippen LogP contribution >= 0.6 is 0 Å². The molecule has 0 aliphatic rings. The maximum absolute atomic E-state index is 13.3. The summed E-state index contributed by atoms with van der Waals surface area (Å²) < 4.78 is 13.3. The molecule has 0 spiro atoms. The summed E-state index contributed by atoms with van der Waals surface area (Å²) in [7, 11) is 0. The van der Waals surface area contributed by atoms with Crippen molar-refractivity contribution in [1.29, 1.82) is 0 Å². The molecule has 0 amide bonds. The Morgan fingerprint density at radius 3 is 2.79 bits per heavy atom. The topological polar surface area (TPSA) is 92.0 Å². The molecular weight excluding hydrogens is 355 g/mol. The van der Waals surface area contributed by atoms with Crippen molar-refractivity contribution in [2.24, 2.45) is 10.7 Å². The predicted molar refractivity (Wildman–Crippen MR) is 108 cm³/mol. The van der Waals surface area contributed by atoms with Crippen LogP contribution in [0.4, 0.5) is 4.39 Å². The highest BCUT2D eigenvalue weighted by atomic mass is 19.1. The Kier molecular flexibility index (Phi) is 7.12. The van der Waals surface area contributed by atoms with E-state index in [4.69, 9.17) is 5.73 Å². The van der Waals surface area contributed by atoms with E-state index in [1.165, 1.54) is 12.1 Å². The number of pyridine rings is 1. The third-order valence-electron chi connectivity index (χ3n) is 4.50. The number of aromatic amines is 1. The fourth-order valence-electron chi connectivity index (χ4n) is 3.05. The zero-order valence-corrected chi connectivity index (χ0v) is 15.7. The van der Waals surface area contributed by atoms with E-state index in [-0.39, 0.29) is 11.7 Å². The number of hydrogen-bond donors (Lipinski definition) is 3. The zero-order valence-electron chi connectivity index (χ0n) is 15.7. The van der Waals surface area contributed by atoms with Gasteiger partial charge in [0.25, 0.3) is 0 Å². The van der Waals surface area contributed by atoms with E-state index in [1.807, 2.05) is 36.5 Å². The van der Waals surface area contributed by atoms with E-state index in [0.717, 1.165) is 36.2 Å². The second-order valence-electron chi connectivity index (χ2n) is 6.52. The molecule has 3 aromatic rings. The molecule has 6 nitrogen and oxygen atoms in total. The number of aromatic nitrogens is 3. The Morgan fingerprint density at radius 2 is 2.07 bits per heavy atom. The first-order valence-electron chi connectivity index (χ1n) is 9.40. The predicted octanol–water partition coefficient (Wildman–Crippen LogP) is 3.00. The van der Waals surface area contributed by atoms with Crippen LogP contribution in [0, 0.1) is 5.82 Å². The summed E-state index contributed by atoms with van der Waals surface area (Å²) >= 11 is 0. The summed E-state index contributed by atoms with van der Waals surface area (Å²) in [6, 6.07) is 12.4. The Bertz CT molecular complexity index is 846. The van der Waals surface area contributed by atoms with Crippen molar-refractivity contribution >= 4 is 5.96 Å². The first-order valence-corrected chi connectivity index (χ1v) is 9.40. The van der Waals surface area contributed by atoms with Crippen molar-refractivity contribution in [1.82, 2.24) is 20.3 Å². The Labute approximate surface area is 164 Å². The van der Waals surface area contributed by atoms with Gasteiger partial charge in [0.05, 0.1) is 6.33 Å². The largest absolute Gasteiger partial charge is 0.370 e. The fourth-order valence-corrected chi connectivity index (χ4v) is 3.05. The number of H-pyrrole nitrogens is 1. The lowest BCUT2D eigenvalue weighted by molar-refractivity contribution is 0.623. The monoisotopic (exact) mass is 380 g/mol. The van der Waals surface area contributed by atoms with Gasteiger partial charge in [-0.1, -0.05) is 18.2 Å². The van der Waals surface area contributed by atoms with E-state index < -0.39 is 0 Å². The minimum atomic E-state index is -0.242. The summed E-state index contributed by atoms with van der Waals surface area (Å²) in [6.07, 6.45) is 7.83. The number of hydrogen-bond acceptors (Lipinski definition) is 3. The van der Waals surface area contributed by atoms with Crippen LogP contribution in [0.3, 0.4) is 0 Å². The van der Waals surface area contributed by atoms with E-state index in [2.05, 4.69) is 25.3 Å². The number of halogens is 1. The number of rotatable bonds is 9. The molecule has 1 aromatic carbocycles. The second kappa shape index (κ2) is 10.2. The van der Waals surface area contributed by atoms with Crippen molar-refractivity contribution in [2.75, 3.05) is 13.1 Å². The lowest BCUT2D eigenvalue weighted by atomic mass is 9.92. The van der Waals surface area contributed by atoms with Gasteiger partial charge in [0, 0.05) is 42.8 Å². The number of nitrogens with zero attached hydrogens (tertiary/aromatic N) is 3. The standard InChI is InChI=1S/C21H25FN6/c22-17-8-6-16(7-9-17)19(20-5-1-2-11-25-20)10-13-27-21(23)26-12-3-4-18-14-24-15-28-18/h1-2,5-9,11,14-15,19H,3-4,10,12-13H2,(H,24,28)(H3,23,26,27)/t19-/m1/s1. The van der Waals surface area contributed by atoms with Crippen molar-refractivity contribution in [3.8, 4) is 0 Å². The van der Waals surface area contributed by atoms with Gasteiger partial charge in [0.2, 0.25) is 0 Å². The molecular formula is C21H25FN6. The molecule has 0 saturated heterocycles. The number of imidazole rings is 1. The third kappa shape index (κ3) is 5.90. The van der Waals surface area contributed by atoms with Gasteiger partial charge in [0.1, 0.15) is 5.82 Å². The molecule has 0 fully saturated rings. The number of aliphatic imine (C=N–C) groups is 1. The summed E-state index contributed by atoms with van der Waals surface area (Å²) in [4.78, 5) is 15.9. The molecule has 2 heterocycles. The van der Waals surface area contributed by atoms with Crippen LogP contribution in [-0.4, -0.2) is 34.0 Å². The maximum atomic E-state index is 13.3. The van der Waals surface area contributed by atoms with Gasteiger partial charge in [-0.25, -0.2) is 9.37 Å². The highest BCUT2D eigenvalue weighted by Gasteiger charge is 2.15. The Morgan fingerprint density at radius 1 is 1.21 bits per heavy atom. The Balaban J connectivity index is 1.51. The van der Waals surface area contributed by atoms with Crippen LogP contribution < -0.4 is 11.1 Å². The molecule has 2 aromatic heterocycles. The van der Waals surface area contributed by atoms with Crippen molar-refractivity contribution in [3.63, 3.8) is 0 Å². The minimum absolute atomic E-state index is 0.0579. The SMILES string of the molecule is NC(=NCCCc1cnc[nH]1)NCC[C@H](c1ccc(F)cc1)c1ccccn1. The smallest absolute Gasteiger partial charge is 0.188 e. The van der Waals surface area contributed by atoms with Gasteiger partial charge in [0.15, 0.2) is 5.96 Å². The first-order chi connectivity index (χ1) is 13.7. The van der Waals surface area contributed by atoms with Crippen LogP contribution in [0.15, 0.2) is 66.2 Å². The minimum Gasteiger partial charge on any atom is -0.370 e. The summed E-state index contributed by atoms with van der Waals surface area (Å²) in [5, 5.41) is 3.16. The number of benzene rings is 1. The van der Waals surface area contributed by atoms with E-state index in [0.29, 0.717) is 19.0 Å². The molecule has 146 valence electrons. The molecule has 4 N–H and O–H groups in total.